The summed E-state index contributed by atoms with van der Waals surface area (Å²) in [5.41, 5.74) is 3.58. The van der Waals surface area contributed by atoms with Gasteiger partial charge in [0.25, 0.3) is 5.91 Å². The molecule has 0 atom stereocenters. The second-order valence-corrected chi connectivity index (χ2v) is 6.73. The van der Waals surface area contributed by atoms with Crippen LogP contribution in [0.4, 0.5) is 5.82 Å². The molecule has 0 bridgehead atoms. The number of aromatic nitrogens is 2. The minimum Gasteiger partial charge on any atom is -0.339 e. The molecule has 1 amide bonds. The molecule has 5 nitrogen and oxygen atoms in total. The first-order valence-electron chi connectivity index (χ1n) is 8.33. The van der Waals surface area contributed by atoms with Crippen molar-refractivity contribution in [1.29, 1.82) is 0 Å². The van der Waals surface area contributed by atoms with Gasteiger partial charge in [0.2, 0.25) is 0 Å². The molecular formula is C18H18ClN3O2. The number of amides is 1. The molecule has 0 saturated carbocycles. The Balaban J connectivity index is 1.76. The molecule has 3 heterocycles. The lowest BCUT2D eigenvalue weighted by molar-refractivity contribution is 0.0963. The van der Waals surface area contributed by atoms with Crippen LogP contribution in [-0.4, -0.2) is 28.3 Å². The summed E-state index contributed by atoms with van der Waals surface area (Å²) in [6.45, 7) is 1.23. The van der Waals surface area contributed by atoms with Gasteiger partial charge in [-0.1, -0.05) is 18.0 Å². The fourth-order valence-electron chi connectivity index (χ4n) is 3.78. The number of rotatable bonds is 2. The highest BCUT2D eigenvalue weighted by atomic mass is 35.5. The summed E-state index contributed by atoms with van der Waals surface area (Å²) >= 11 is 6.08. The minimum absolute atomic E-state index is 0.104. The number of aryl methyl sites for hydroxylation is 1. The third kappa shape index (κ3) is 2.35. The summed E-state index contributed by atoms with van der Waals surface area (Å²) < 4.78 is 2.16. The average Bonchev–Trinajstić information content (AvgIpc) is 2.78. The van der Waals surface area contributed by atoms with Gasteiger partial charge in [0.05, 0.1) is 10.6 Å². The van der Waals surface area contributed by atoms with Crippen LogP contribution in [0.25, 0.3) is 0 Å². The fraction of sp³-hybridized carbons (Fsp3) is 0.389. The summed E-state index contributed by atoms with van der Waals surface area (Å²) in [7, 11) is 0. The maximum atomic E-state index is 13.0. The molecule has 2 aromatic heterocycles. The van der Waals surface area contributed by atoms with E-state index in [1.807, 2.05) is 6.07 Å². The van der Waals surface area contributed by atoms with Gasteiger partial charge in [0, 0.05) is 25.0 Å². The first-order chi connectivity index (χ1) is 11.7. The molecule has 0 unspecified atom stereocenters. The topological polar surface area (TPSA) is 55.2 Å². The van der Waals surface area contributed by atoms with Crippen molar-refractivity contribution >= 4 is 29.6 Å². The van der Waals surface area contributed by atoms with Gasteiger partial charge in [-0.2, -0.15) is 0 Å². The molecule has 2 aliphatic rings. The fourth-order valence-corrected chi connectivity index (χ4v) is 3.97. The van der Waals surface area contributed by atoms with E-state index in [-0.39, 0.29) is 11.5 Å². The molecule has 0 fully saturated rings. The Hall–Kier alpha value is -2.14. The summed E-state index contributed by atoms with van der Waals surface area (Å²) in [5, 5.41) is 0.319. The molecule has 124 valence electrons. The van der Waals surface area contributed by atoms with Gasteiger partial charge in [0.1, 0.15) is 11.5 Å². The standard InChI is InChI=1S/C18H18ClN3O2/c19-14-6-7-20-17(13(14)11-23)22-9-8-21-15-5-3-1-2-4-12(15)10-16(21)18(22)24/h6-7,10-11H,1-5,8-9H2. The maximum Gasteiger partial charge on any atom is 0.276 e. The van der Waals surface area contributed by atoms with E-state index in [0.29, 0.717) is 29.4 Å². The largest absolute Gasteiger partial charge is 0.339 e. The predicted molar refractivity (Wildman–Crippen MR) is 92.0 cm³/mol. The monoisotopic (exact) mass is 343 g/mol. The summed E-state index contributed by atoms with van der Waals surface area (Å²) in [4.78, 5) is 30.2. The predicted octanol–water partition coefficient (Wildman–Crippen LogP) is 3.28. The number of nitrogens with zero attached hydrogens (tertiary/aromatic N) is 3. The number of carbonyl (C=O) groups is 2. The number of halogens is 1. The summed E-state index contributed by atoms with van der Waals surface area (Å²) in [6.07, 6.45) is 7.88. The molecule has 0 saturated heterocycles. The lowest BCUT2D eigenvalue weighted by Crippen LogP contribution is -2.41. The van der Waals surface area contributed by atoms with Crippen LogP contribution in [0.1, 0.15) is 51.4 Å². The van der Waals surface area contributed by atoms with E-state index in [0.717, 1.165) is 19.4 Å². The Bertz CT molecular complexity index is 828. The van der Waals surface area contributed by atoms with Gasteiger partial charge in [-0.05, 0) is 43.4 Å². The number of hydrogen-bond donors (Lipinski definition) is 0. The van der Waals surface area contributed by atoms with Crippen molar-refractivity contribution in [2.45, 2.75) is 38.6 Å². The van der Waals surface area contributed by atoms with Crippen molar-refractivity contribution < 1.29 is 9.59 Å². The molecule has 1 aliphatic heterocycles. The average molecular weight is 344 g/mol. The Labute approximate surface area is 145 Å². The summed E-state index contributed by atoms with van der Waals surface area (Å²) in [5.74, 6) is 0.248. The van der Waals surface area contributed by atoms with Crippen molar-refractivity contribution in [2.75, 3.05) is 11.4 Å². The summed E-state index contributed by atoms with van der Waals surface area (Å²) in [6, 6.07) is 3.59. The number of hydrogen-bond acceptors (Lipinski definition) is 3. The Morgan fingerprint density at radius 3 is 2.83 bits per heavy atom. The van der Waals surface area contributed by atoms with Crippen LogP contribution >= 0.6 is 11.6 Å². The van der Waals surface area contributed by atoms with E-state index in [2.05, 4.69) is 9.55 Å². The number of aldehydes is 1. The zero-order valence-electron chi connectivity index (χ0n) is 13.3. The normalized spacial score (nSPS) is 17.2. The van der Waals surface area contributed by atoms with Gasteiger partial charge in [0.15, 0.2) is 6.29 Å². The van der Waals surface area contributed by atoms with E-state index in [1.54, 1.807) is 11.0 Å². The Kier molecular flexibility index (Phi) is 3.88. The van der Waals surface area contributed by atoms with E-state index in [9.17, 15) is 9.59 Å². The number of carbonyl (C=O) groups excluding carboxylic acids is 2. The molecule has 6 heteroatoms. The highest BCUT2D eigenvalue weighted by molar-refractivity contribution is 6.33. The van der Waals surface area contributed by atoms with Crippen molar-refractivity contribution in [3.8, 4) is 0 Å². The van der Waals surface area contributed by atoms with Gasteiger partial charge in [-0.3, -0.25) is 14.5 Å². The molecule has 4 rings (SSSR count). The van der Waals surface area contributed by atoms with Crippen molar-refractivity contribution in [2.24, 2.45) is 0 Å². The van der Waals surface area contributed by atoms with Crippen LogP contribution in [0.15, 0.2) is 18.3 Å². The highest BCUT2D eigenvalue weighted by Crippen LogP contribution is 2.31. The van der Waals surface area contributed by atoms with Crippen molar-refractivity contribution in [1.82, 2.24) is 9.55 Å². The first-order valence-corrected chi connectivity index (χ1v) is 8.71. The van der Waals surface area contributed by atoms with Crippen LogP contribution in [0.5, 0.6) is 0 Å². The number of anilines is 1. The lowest BCUT2D eigenvalue weighted by Gasteiger charge is -2.29. The van der Waals surface area contributed by atoms with Gasteiger partial charge < -0.3 is 4.57 Å². The smallest absolute Gasteiger partial charge is 0.276 e. The second-order valence-electron chi connectivity index (χ2n) is 6.32. The Morgan fingerprint density at radius 1 is 1.17 bits per heavy atom. The first kappa shape index (κ1) is 15.4. The van der Waals surface area contributed by atoms with E-state index >= 15 is 0 Å². The SMILES string of the molecule is O=Cc1c(Cl)ccnc1N1CCn2c(cc3c2CCCCC3)C1=O. The van der Waals surface area contributed by atoms with Gasteiger partial charge >= 0.3 is 0 Å². The molecule has 0 N–H and O–H groups in total. The van der Waals surface area contributed by atoms with Crippen LogP contribution < -0.4 is 4.90 Å². The van der Waals surface area contributed by atoms with E-state index in [4.69, 9.17) is 11.6 Å². The van der Waals surface area contributed by atoms with Gasteiger partial charge in [-0.15, -0.1) is 0 Å². The zero-order valence-corrected chi connectivity index (χ0v) is 14.1. The second kappa shape index (κ2) is 6.06. The molecule has 0 radical (unpaired) electrons. The molecular weight excluding hydrogens is 326 g/mol. The van der Waals surface area contributed by atoms with E-state index in [1.165, 1.54) is 36.7 Å². The number of fused-ring (bicyclic) bond motifs is 3. The van der Waals surface area contributed by atoms with Crippen LogP contribution in [0.2, 0.25) is 5.02 Å². The molecule has 24 heavy (non-hydrogen) atoms. The van der Waals surface area contributed by atoms with E-state index < -0.39 is 0 Å². The van der Waals surface area contributed by atoms with Crippen molar-refractivity contribution in [3.05, 3.63) is 45.9 Å². The molecule has 2 aromatic rings. The molecule has 0 aromatic carbocycles. The molecule has 1 aliphatic carbocycles. The van der Waals surface area contributed by atoms with Crippen LogP contribution in [-0.2, 0) is 19.4 Å². The van der Waals surface area contributed by atoms with Crippen LogP contribution in [0.3, 0.4) is 0 Å². The third-order valence-electron chi connectivity index (χ3n) is 4.96. The highest BCUT2D eigenvalue weighted by Gasteiger charge is 2.31. The zero-order chi connectivity index (χ0) is 16.7. The lowest BCUT2D eigenvalue weighted by atomic mass is 10.1. The quantitative estimate of drug-likeness (QED) is 0.621. The van der Waals surface area contributed by atoms with Gasteiger partial charge in [-0.25, -0.2) is 4.98 Å². The van der Waals surface area contributed by atoms with Crippen molar-refractivity contribution in [3.63, 3.8) is 0 Å². The number of pyridine rings is 1. The maximum absolute atomic E-state index is 13.0. The van der Waals surface area contributed by atoms with Crippen LogP contribution in [0, 0.1) is 0 Å². The molecule has 0 spiro atoms. The minimum atomic E-state index is -0.104. The third-order valence-corrected chi connectivity index (χ3v) is 5.29. The Morgan fingerprint density at radius 2 is 2.00 bits per heavy atom.